The van der Waals surface area contributed by atoms with E-state index in [0.717, 1.165) is 24.4 Å². The van der Waals surface area contributed by atoms with E-state index in [1.165, 1.54) is 17.9 Å². The van der Waals surface area contributed by atoms with E-state index in [4.69, 9.17) is 0 Å². The average Bonchev–Trinajstić information content (AvgIpc) is 2.94. The Morgan fingerprint density at radius 3 is 3.00 bits per heavy atom. The van der Waals surface area contributed by atoms with Crippen molar-refractivity contribution in [3.8, 4) is 0 Å². The zero-order chi connectivity index (χ0) is 12.5. The van der Waals surface area contributed by atoms with Crippen LogP contribution in [0.4, 0.5) is 5.95 Å². The Hall–Kier alpha value is -1.98. The Labute approximate surface area is 105 Å². The van der Waals surface area contributed by atoms with E-state index < -0.39 is 0 Å². The standard InChI is InChI=1S/C12H16N6/c1-8-9(2)16-17-12(15-8)14-7-10-6-13-11-4-3-5-18(10)11/h6H,3-5,7H2,1-2H3,(H,14,15,17). The number of hydrogen-bond donors (Lipinski definition) is 1. The Morgan fingerprint density at radius 2 is 2.17 bits per heavy atom. The van der Waals surface area contributed by atoms with Gasteiger partial charge < -0.3 is 9.88 Å². The Balaban J connectivity index is 1.72. The van der Waals surface area contributed by atoms with Crippen LogP contribution in [0.1, 0.15) is 29.3 Å². The van der Waals surface area contributed by atoms with Crippen LogP contribution < -0.4 is 5.32 Å². The van der Waals surface area contributed by atoms with Gasteiger partial charge in [-0.3, -0.25) is 0 Å². The van der Waals surface area contributed by atoms with Gasteiger partial charge in [-0.1, -0.05) is 0 Å². The molecule has 18 heavy (non-hydrogen) atoms. The van der Waals surface area contributed by atoms with Crippen LogP contribution in [0.5, 0.6) is 0 Å². The molecule has 0 atom stereocenters. The first-order valence-corrected chi connectivity index (χ1v) is 6.19. The van der Waals surface area contributed by atoms with Gasteiger partial charge in [0.05, 0.1) is 29.8 Å². The minimum absolute atomic E-state index is 0.576. The highest BCUT2D eigenvalue weighted by Crippen LogP contribution is 2.16. The van der Waals surface area contributed by atoms with E-state index in [1.807, 2.05) is 20.0 Å². The second kappa shape index (κ2) is 4.36. The number of fused-ring (bicyclic) bond motifs is 1. The van der Waals surface area contributed by atoms with Gasteiger partial charge in [0.2, 0.25) is 5.95 Å². The number of aryl methyl sites for hydroxylation is 3. The van der Waals surface area contributed by atoms with Crippen LogP contribution in [0, 0.1) is 13.8 Å². The summed E-state index contributed by atoms with van der Waals surface area (Å²) in [5.74, 6) is 1.76. The van der Waals surface area contributed by atoms with Crippen molar-refractivity contribution in [2.75, 3.05) is 5.32 Å². The molecule has 1 N–H and O–H groups in total. The molecule has 0 unspecified atom stereocenters. The lowest BCUT2D eigenvalue weighted by Crippen LogP contribution is -2.10. The molecule has 0 bridgehead atoms. The topological polar surface area (TPSA) is 68.5 Å². The summed E-state index contributed by atoms with van der Waals surface area (Å²) in [5, 5.41) is 11.3. The van der Waals surface area contributed by atoms with Crippen LogP contribution in [0.3, 0.4) is 0 Å². The van der Waals surface area contributed by atoms with E-state index in [-0.39, 0.29) is 0 Å². The number of hydrogen-bond acceptors (Lipinski definition) is 5. The number of nitrogens with zero attached hydrogens (tertiary/aromatic N) is 5. The first-order chi connectivity index (χ1) is 8.74. The maximum absolute atomic E-state index is 4.41. The van der Waals surface area contributed by atoms with Crippen molar-refractivity contribution >= 4 is 5.95 Å². The van der Waals surface area contributed by atoms with Crippen molar-refractivity contribution in [2.24, 2.45) is 0 Å². The maximum atomic E-state index is 4.41. The predicted molar refractivity (Wildman–Crippen MR) is 67.2 cm³/mol. The predicted octanol–water partition coefficient (Wildman–Crippen LogP) is 1.24. The summed E-state index contributed by atoms with van der Waals surface area (Å²) in [6.45, 7) is 5.60. The van der Waals surface area contributed by atoms with Crippen molar-refractivity contribution in [2.45, 2.75) is 39.8 Å². The summed E-state index contributed by atoms with van der Waals surface area (Å²) in [5.41, 5.74) is 2.96. The second-order valence-corrected chi connectivity index (χ2v) is 4.58. The molecule has 0 aliphatic carbocycles. The van der Waals surface area contributed by atoms with Crippen molar-refractivity contribution in [3.63, 3.8) is 0 Å². The highest BCUT2D eigenvalue weighted by Gasteiger charge is 2.15. The van der Waals surface area contributed by atoms with Gasteiger partial charge in [0.15, 0.2) is 0 Å². The van der Waals surface area contributed by atoms with E-state index in [0.29, 0.717) is 12.5 Å². The van der Waals surface area contributed by atoms with E-state index in [9.17, 15) is 0 Å². The Morgan fingerprint density at radius 1 is 1.28 bits per heavy atom. The van der Waals surface area contributed by atoms with Gasteiger partial charge in [0.25, 0.3) is 0 Å². The molecular weight excluding hydrogens is 228 g/mol. The van der Waals surface area contributed by atoms with Crippen LogP contribution >= 0.6 is 0 Å². The average molecular weight is 244 g/mol. The van der Waals surface area contributed by atoms with Crippen molar-refractivity contribution in [1.82, 2.24) is 24.7 Å². The lowest BCUT2D eigenvalue weighted by Gasteiger charge is -2.07. The molecule has 0 aromatic carbocycles. The second-order valence-electron chi connectivity index (χ2n) is 4.58. The van der Waals surface area contributed by atoms with Gasteiger partial charge in [-0.15, -0.1) is 5.10 Å². The molecule has 0 amide bonds. The normalized spacial score (nSPS) is 13.7. The minimum Gasteiger partial charge on any atom is -0.347 e. The number of nitrogens with one attached hydrogen (secondary N) is 1. The fraction of sp³-hybridized carbons (Fsp3) is 0.500. The molecule has 0 spiro atoms. The van der Waals surface area contributed by atoms with Crippen LogP contribution in [-0.4, -0.2) is 24.7 Å². The van der Waals surface area contributed by atoms with Gasteiger partial charge in [-0.05, 0) is 20.3 Å². The summed E-state index contributed by atoms with van der Waals surface area (Å²) in [4.78, 5) is 8.76. The number of anilines is 1. The lowest BCUT2D eigenvalue weighted by molar-refractivity contribution is 0.711. The van der Waals surface area contributed by atoms with Gasteiger partial charge in [-0.25, -0.2) is 9.97 Å². The minimum atomic E-state index is 0.576. The third kappa shape index (κ3) is 1.94. The molecule has 6 heteroatoms. The molecule has 94 valence electrons. The highest BCUT2D eigenvalue weighted by molar-refractivity contribution is 5.26. The molecule has 0 saturated heterocycles. The van der Waals surface area contributed by atoms with E-state index in [2.05, 4.69) is 30.0 Å². The lowest BCUT2D eigenvalue weighted by atomic mass is 10.3. The first-order valence-electron chi connectivity index (χ1n) is 6.19. The number of aromatic nitrogens is 5. The zero-order valence-electron chi connectivity index (χ0n) is 10.6. The van der Waals surface area contributed by atoms with Crippen LogP contribution in [0.2, 0.25) is 0 Å². The molecule has 2 aromatic rings. The zero-order valence-corrected chi connectivity index (χ0v) is 10.6. The number of rotatable bonds is 3. The van der Waals surface area contributed by atoms with Gasteiger partial charge in [0.1, 0.15) is 5.82 Å². The highest BCUT2D eigenvalue weighted by atomic mass is 15.2. The third-order valence-electron chi connectivity index (χ3n) is 3.32. The molecule has 0 radical (unpaired) electrons. The van der Waals surface area contributed by atoms with Crippen LogP contribution in [-0.2, 0) is 19.5 Å². The SMILES string of the molecule is Cc1nnc(NCc2cnc3n2CCC3)nc1C. The molecule has 0 saturated carbocycles. The van der Waals surface area contributed by atoms with Crippen molar-refractivity contribution < 1.29 is 0 Å². The quantitative estimate of drug-likeness (QED) is 0.879. The van der Waals surface area contributed by atoms with E-state index in [1.54, 1.807) is 0 Å². The smallest absolute Gasteiger partial charge is 0.243 e. The maximum Gasteiger partial charge on any atom is 0.243 e. The summed E-state index contributed by atoms with van der Waals surface area (Å²) in [6.07, 6.45) is 4.20. The van der Waals surface area contributed by atoms with Gasteiger partial charge in [-0.2, -0.15) is 5.10 Å². The fourth-order valence-corrected chi connectivity index (χ4v) is 2.16. The first kappa shape index (κ1) is 11.1. The largest absolute Gasteiger partial charge is 0.347 e. The van der Waals surface area contributed by atoms with Crippen LogP contribution in [0.25, 0.3) is 0 Å². The summed E-state index contributed by atoms with van der Waals surface area (Å²) >= 11 is 0. The van der Waals surface area contributed by atoms with Gasteiger partial charge >= 0.3 is 0 Å². The van der Waals surface area contributed by atoms with Gasteiger partial charge in [0, 0.05) is 13.0 Å². The summed E-state index contributed by atoms with van der Waals surface area (Å²) in [7, 11) is 0. The molecule has 1 aliphatic rings. The monoisotopic (exact) mass is 244 g/mol. The molecular formula is C12H16N6. The van der Waals surface area contributed by atoms with E-state index >= 15 is 0 Å². The molecule has 2 aromatic heterocycles. The Bertz CT molecular complexity index is 574. The third-order valence-corrected chi connectivity index (χ3v) is 3.32. The van der Waals surface area contributed by atoms with Crippen molar-refractivity contribution in [3.05, 3.63) is 29.1 Å². The molecule has 3 heterocycles. The molecule has 1 aliphatic heterocycles. The number of imidazole rings is 1. The van der Waals surface area contributed by atoms with Crippen molar-refractivity contribution in [1.29, 1.82) is 0 Å². The summed E-state index contributed by atoms with van der Waals surface area (Å²) in [6, 6.07) is 0. The molecule has 0 fully saturated rings. The molecule has 6 nitrogen and oxygen atoms in total. The molecule has 3 rings (SSSR count). The summed E-state index contributed by atoms with van der Waals surface area (Å²) < 4.78 is 2.27. The van der Waals surface area contributed by atoms with Crippen LogP contribution in [0.15, 0.2) is 6.20 Å². The fourth-order valence-electron chi connectivity index (χ4n) is 2.16. The Kier molecular flexibility index (Phi) is 2.70.